The first-order valence-electron chi connectivity index (χ1n) is 5.45. The number of nitrogens with one attached hydrogen (secondary N) is 1. The van der Waals surface area contributed by atoms with Crippen LogP contribution in [0.2, 0.25) is 0 Å². The van der Waals surface area contributed by atoms with Crippen LogP contribution < -0.4 is 5.32 Å². The topological polar surface area (TPSA) is 71.7 Å². The number of aryl methyl sites for hydroxylation is 1. The second-order valence-electron chi connectivity index (χ2n) is 4.42. The van der Waals surface area contributed by atoms with E-state index in [0.29, 0.717) is 6.42 Å². The Morgan fingerprint density at radius 1 is 1.53 bits per heavy atom. The molecule has 0 spiro atoms. The molecule has 1 aliphatic rings. The van der Waals surface area contributed by atoms with Gasteiger partial charge in [-0.2, -0.15) is 0 Å². The molecule has 1 saturated heterocycles. The van der Waals surface area contributed by atoms with E-state index in [4.69, 9.17) is 9.52 Å². The van der Waals surface area contributed by atoms with Crippen molar-refractivity contribution in [1.29, 1.82) is 0 Å². The van der Waals surface area contributed by atoms with E-state index in [1.165, 1.54) is 7.11 Å². The largest absolute Gasteiger partial charge is 0.464 e. The standard InChI is InChI=1S/C8H9NO2.C4H10O2/c1-5-2-3-7(11-5)6-4-8(10)9-6;1-4(2,5)6-3/h2-3,6H,4H2,1H3,(H,9,10);5H,1-3H3/t6-;/m1./s1. The Morgan fingerprint density at radius 2 is 2.06 bits per heavy atom. The number of ether oxygens (including phenoxy) is 1. The summed E-state index contributed by atoms with van der Waals surface area (Å²) in [5.41, 5.74) is 0. The Kier molecular flexibility index (Phi) is 4.31. The van der Waals surface area contributed by atoms with Crippen LogP contribution in [-0.2, 0) is 9.53 Å². The van der Waals surface area contributed by atoms with Crippen LogP contribution in [0.4, 0.5) is 0 Å². The highest BCUT2D eigenvalue weighted by Gasteiger charge is 2.28. The number of hydrogen-bond acceptors (Lipinski definition) is 4. The Labute approximate surface area is 101 Å². The Morgan fingerprint density at radius 3 is 2.35 bits per heavy atom. The normalized spacial score (nSPS) is 18.9. The number of methoxy groups -OCH3 is 1. The third-order valence-corrected chi connectivity index (χ3v) is 2.33. The molecule has 0 radical (unpaired) electrons. The van der Waals surface area contributed by atoms with Crippen LogP contribution in [0.3, 0.4) is 0 Å². The first-order chi connectivity index (χ1) is 7.81. The molecule has 1 aromatic heterocycles. The second-order valence-corrected chi connectivity index (χ2v) is 4.42. The molecule has 1 atom stereocenters. The highest BCUT2D eigenvalue weighted by Crippen LogP contribution is 2.24. The molecule has 1 aliphatic heterocycles. The third kappa shape index (κ3) is 4.58. The van der Waals surface area contributed by atoms with Gasteiger partial charge in [0, 0.05) is 7.11 Å². The number of carbonyl (C=O) groups is 1. The van der Waals surface area contributed by atoms with Gasteiger partial charge in [-0.3, -0.25) is 4.79 Å². The molecule has 96 valence electrons. The molecule has 0 bridgehead atoms. The van der Waals surface area contributed by atoms with Gasteiger partial charge in [-0.05, 0) is 32.9 Å². The predicted octanol–water partition coefficient (Wildman–Crippen LogP) is 1.51. The fourth-order valence-corrected chi connectivity index (χ4v) is 1.17. The third-order valence-electron chi connectivity index (χ3n) is 2.33. The van der Waals surface area contributed by atoms with Crippen LogP contribution in [0.1, 0.15) is 37.8 Å². The molecule has 0 saturated carbocycles. The van der Waals surface area contributed by atoms with Crippen molar-refractivity contribution in [2.45, 2.75) is 39.0 Å². The van der Waals surface area contributed by atoms with E-state index in [2.05, 4.69) is 10.1 Å². The van der Waals surface area contributed by atoms with Gasteiger partial charge in [-0.25, -0.2) is 0 Å². The summed E-state index contributed by atoms with van der Waals surface area (Å²) in [6, 6.07) is 3.93. The molecule has 5 nitrogen and oxygen atoms in total. The molecule has 2 heterocycles. The van der Waals surface area contributed by atoms with E-state index in [1.54, 1.807) is 13.8 Å². The molecule has 0 unspecified atom stereocenters. The first kappa shape index (κ1) is 13.7. The summed E-state index contributed by atoms with van der Waals surface area (Å²) in [4.78, 5) is 10.5. The monoisotopic (exact) mass is 241 g/mol. The van der Waals surface area contributed by atoms with Crippen molar-refractivity contribution >= 4 is 5.91 Å². The van der Waals surface area contributed by atoms with E-state index >= 15 is 0 Å². The average molecular weight is 241 g/mol. The van der Waals surface area contributed by atoms with Crippen molar-refractivity contribution in [2.24, 2.45) is 0 Å². The van der Waals surface area contributed by atoms with Crippen molar-refractivity contribution < 1.29 is 19.1 Å². The summed E-state index contributed by atoms with van der Waals surface area (Å²) in [7, 11) is 1.46. The highest BCUT2D eigenvalue weighted by molar-refractivity contribution is 5.83. The molecule has 1 fully saturated rings. The van der Waals surface area contributed by atoms with Crippen LogP contribution in [-0.4, -0.2) is 23.9 Å². The zero-order valence-corrected chi connectivity index (χ0v) is 10.6. The lowest BCUT2D eigenvalue weighted by Gasteiger charge is -2.24. The molecule has 1 amide bonds. The van der Waals surface area contributed by atoms with Crippen LogP contribution in [0, 0.1) is 6.92 Å². The fraction of sp³-hybridized carbons (Fsp3) is 0.583. The van der Waals surface area contributed by atoms with Gasteiger partial charge in [-0.15, -0.1) is 0 Å². The SMILES string of the molecule is COC(C)(C)O.Cc1ccc([C@H]2CC(=O)N2)o1. The van der Waals surface area contributed by atoms with Crippen LogP contribution in [0.25, 0.3) is 0 Å². The minimum absolute atomic E-state index is 0.101. The van der Waals surface area contributed by atoms with Gasteiger partial charge in [-0.1, -0.05) is 0 Å². The molecule has 5 heteroatoms. The zero-order chi connectivity index (χ0) is 13.1. The van der Waals surface area contributed by atoms with Crippen LogP contribution in [0.15, 0.2) is 16.5 Å². The molecular formula is C12H19NO4. The molecule has 2 N–H and O–H groups in total. The molecule has 0 aliphatic carbocycles. The highest BCUT2D eigenvalue weighted by atomic mass is 16.6. The number of aliphatic hydroxyl groups is 1. The first-order valence-corrected chi connectivity index (χ1v) is 5.45. The van der Waals surface area contributed by atoms with E-state index < -0.39 is 5.79 Å². The van der Waals surface area contributed by atoms with Gasteiger partial charge in [0.2, 0.25) is 5.91 Å². The lowest BCUT2D eigenvalue weighted by Crippen LogP contribution is -2.41. The maximum atomic E-state index is 10.5. The molecule has 0 aromatic carbocycles. The molecule has 1 aromatic rings. The minimum Gasteiger partial charge on any atom is -0.464 e. The van der Waals surface area contributed by atoms with Crippen molar-refractivity contribution in [3.05, 3.63) is 23.7 Å². The Bertz CT molecular complexity index is 370. The summed E-state index contributed by atoms with van der Waals surface area (Å²) in [6.45, 7) is 5.05. The Balaban J connectivity index is 0.000000209. The van der Waals surface area contributed by atoms with E-state index in [9.17, 15) is 4.79 Å². The van der Waals surface area contributed by atoms with E-state index in [-0.39, 0.29) is 11.9 Å². The molecule has 2 rings (SSSR count). The quantitative estimate of drug-likeness (QED) is 0.608. The van der Waals surface area contributed by atoms with Crippen LogP contribution in [0.5, 0.6) is 0 Å². The van der Waals surface area contributed by atoms with Crippen molar-refractivity contribution in [2.75, 3.05) is 7.11 Å². The average Bonchev–Trinajstić information content (AvgIpc) is 2.60. The molecule has 17 heavy (non-hydrogen) atoms. The summed E-state index contributed by atoms with van der Waals surface area (Å²) in [5.74, 6) is 0.896. The number of amides is 1. The van der Waals surface area contributed by atoms with Crippen molar-refractivity contribution in [1.82, 2.24) is 5.32 Å². The number of rotatable bonds is 2. The Hall–Kier alpha value is -1.33. The summed E-state index contributed by atoms with van der Waals surface area (Å²) >= 11 is 0. The minimum atomic E-state index is -0.958. The maximum absolute atomic E-state index is 10.5. The lowest BCUT2D eigenvalue weighted by atomic mass is 10.0. The van der Waals surface area contributed by atoms with Gasteiger partial charge in [0.05, 0.1) is 12.5 Å². The number of carbonyl (C=O) groups excluding carboxylic acids is 1. The molecular weight excluding hydrogens is 222 g/mol. The predicted molar refractivity (Wildman–Crippen MR) is 62.3 cm³/mol. The fourth-order valence-electron chi connectivity index (χ4n) is 1.17. The van der Waals surface area contributed by atoms with Crippen molar-refractivity contribution in [3.8, 4) is 0 Å². The number of β-lactam (4-membered cyclic amide) rings is 1. The van der Waals surface area contributed by atoms with Gasteiger partial charge in [0.1, 0.15) is 11.5 Å². The lowest BCUT2D eigenvalue weighted by molar-refractivity contribution is -0.155. The van der Waals surface area contributed by atoms with Gasteiger partial charge in [0.15, 0.2) is 5.79 Å². The summed E-state index contributed by atoms with van der Waals surface area (Å²) in [6.07, 6.45) is 0.562. The van der Waals surface area contributed by atoms with Crippen molar-refractivity contribution in [3.63, 3.8) is 0 Å². The van der Waals surface area contributed by atoms with Gasteiger partial charge < -0.3 is 19.6 Å². The zero-order valence-electron chi connectivity index (χ0n) is 10.6. The maximum Gasteiger partial charge on any atom is 0.223 e. The van der Waals surface area contributed by atoms with E-state index in [0.717, 1.165) is 11.5 Å². The second kappa shape index (κ2) is 5.33. The van der Waals surface area contributed by atoms with Gasteiger partial charge >= 0.3 is 0 Å². The summed E-state index contributed by atoms with van der Waals surface area (Å²) in [5, 5.41) is 11.3. The van der Waals surface area contributed by atoms with E-state index in [1.807, 2.05) is 19.1 Å². The smallest absolute Gasteiger partial charge is 0.223 e. The van der Waals surface area contributed by atoms with Crippen LogP contribution >= 0.6 is 0 Å². The number of hydrogen-bond donors (Lipinski definition) is 2. The number of furan rings is 1. The van der Waals surface area contributed by atoms with Gasteiger partial charge in [0.25, 0.3) is 0 Å². The summed E-state index contributed by atoms with van der Waals surface area (Å²) < 4.78 is 9.81.